The lowest BCUT2D eigenvalue weighted by Gasteiger charge is -2.25. The maximum Gasteiger partial charge on any atom is 0.336 e. The molecular formula is C19H17O2P. The van der Waals surface area contributed by atoms with E-state index in [1.54, 1.807) is 6.08 Å². The fourth-order valence-electron chi connectivity index (χ4n) is 2.69. The molecule has 0 heterocycles. The Hall–Kier alpha value is -2.18. The van der Waals surface area contributed by atoms with Crippen molar-refractivity contribution in [1.29, 1.82) is 0 Å². The van der Waals surface area contributed by atoms with Gasteiger partial charge in [-0.3, -0.25) is 0 Å². The maximum absolute atomic E-state index is 11.6. The predicted molar refractivity (Wildman–Crippen MR) is 92.1 cm³/mol. The lowest BCUT2D eigenvalue weighted by atomic mass is 10.1. The number of carboxylic acid groups (broad SMARTS) is 1. The normalized spacial score (nSPS) is 14.4. The van der Waals surface area contributed by atoms with Gasteiger partial charge in [-0.25, -0.2) is 4.79 Å². The van der Waals surface area contributed by atoms with Crippen LogP contribution in [0.2, 0.25) is 0 Å². The maximum atomic E-state index is 11.6. The second kappa shape index (κ2) is 6.72. The molecule has 2 aromatic carbocycles. The van der Waals surface area contributed by atoms with Gasteiger partial charge < -0.3 is 5.11 Å². The Balaban J connectivity index is 2.18. The summed E-state index contributed by atoms with van der Waals surface area (Å²) in [5.74, 6) is -0.828. The van der Waals surface area contributed by atoms with Crippen molar-refractivity contribution in [2.75, 3.05) is 0 Å². The molecule has 0 aliphatic heterocycles. The van der Waals surface area contributed by atoms with Gasteiger partial charge in [0.15, 0.2) is 0 Å². The third-order valence-electron chi connectivity index (χ3n) is 3.67. The molecule has 0 fully saturated rings. The summed E-state index contributed by atoms with van der Waals surface area (Å²) in [4.78, 5) is 11.6. The molecule has 0 radical (unpaired) electrons. The number of hydrogen-bond acceptors (Lipinski definition) is 1. The van der Waals surface area contributed by atoms with Gasteiger partial charge in [-0.2, -0.15) is 0 Å². The molecule has 2 aromatic rings. The van der Waals surface area contributed by atoms with Crippen LogP contribution in [0.1, 0.15) is 12.8 Å². The molecule has 22 heavy (non-hydrogen) atoms. The molecule has 110 valence electrons. The van der Waals surface area contributed by atoms with Crippen molar-refractivity contribution in [3.05, 3.63) is 83.7 Å². The molecule has 1 aliphatic carbocycles. The van der Waals surface area contributed by atoms with E-state index in [2.05, 4.69) is 24.3 Å². The summed E-state index contributed by atoms with van der Waals surface area (Å²) in [5, 5.41) is 13.0. The standard InChI is InChI=1S/C19H17O2P/c20-19(21)17-13-7-8-14-18(17)22(15-9-3-1-4-10-15)16-11-5-2-6-12-16/h1-7,9-13H,8,14H2,(H,20,21). The Morgan fingerprint density at radius 2 is 1.45 bits per heavy atom. The third kappa shape index (κ3) is 3.03. The minimum absolute atomic E-state index is 0.463. The number of allylic oxidation sites excluding steroid dienone is 2. The van der Waals surface area contributed by atoms with Gasteiger partial charge in [-0.1, -0.05) is 72.8 Å². The van der Waals surface area contributed by atoms with E-state index in [1.807, 2.05) is 42.5 Å². The number of carboxylic acids is 1. The highest BCUT2D eigenvalue weighted by molar-refractivity contribution is 7.76. The summed E-state index contributed by atoms with van der Waals surface area (Å²) >= 11 is 0. The second-order valence-corrected chi connectivity index (χ2v) is 7.36. The number of rotatable bonds is 4. The summed E-state index contributed by atoms with van der Waals surface area (Å²) in [7, 11) is -0.793. The first-order valence-electron chi connectivity index (χ1n) is 7.30. The van der Waals surface area contributed by atoms with Crippen molar-refractivity contribution >= 4 is 24.5 Å². The fourth-order valence-corrected chi connectivity index (χ4v) is 5.32. The first-order chi connectivity index (χ1) is 10.8. The van der Waals surface area contributed by atoms with Gasteiger partial charge in [0.2, 0.25) is 0 Å². The Morgan fingerprint density at radius 1 is 0.909 bits per heavy atom. The summed E-state index contributed by atoms with van der Waals surface area (Å²) in [6, 6.07) is 20.5. The highest BCUT2D eigenvalue weighted by Gasteiger charge is 2.25. The SMILES string of the molecule is O=C(O)C1=C(P(c2ccccc2)c2ccccc2)CCC=C1. The van der Waals surface area contributed by atoms with Crippen LogP contribution in [0.25, 0.3) is 0 Å². The predicted octanol–water partition coefficient (Wildman–Crippen LogP) is 3.81. The first kappa shape index (κ1) is 14.7. The number of carbonyl (C=O) groups is 1. The Labute approximate surface area is 131 Å². The van der Waals surface area contributed by atoms with Gasteiger partial charge in [0.1, 0.15) is 0 Å². The molecular weight excluding hydrogens is 291 g/mol. The quantitative estimate of drug-likeness (QED) is 0.872. The Kier molecular flexibility index (Phi) is 4.50. The van der Waals surface area contributed by atoms with E-state index in [0.29, 0.717) is 5.57 Å². The van der Waals surface area contributed by atoms with Crippen molar-refractivity contribution in [2.24, 2.45) is 0 Å². The minimum atomic E-state index is -0.828. The zero-order valence-electron chi connectivity index (χ0n) is 12.1. The molecule has 3 rings (SSSR count). The lowest BCUT2D eigenvalue weighted by molar-refractivity contribution is -0.132. The van der Waals surface area contributed by atoms with E-state index >= 15 is 0 Å². The molecule has 1 N–H and O–H groups in total. The number of aliphatic carboxylic acids is 1. The van der Waals surface area contributed by atoms with Crippen LogP contribution < -0.4 is 10.6 Å². The van der Waals surface area contributed by atoms with E-state index < -0.39 is 13.9 Å². The van der Waals surface area contributed by atoms with Gasteiger partial charge in [-0.15, -0.1) is 0 Å². The summed E-state index contributed by atoms with van der Waals surface area (Å²) in [6.45, 7) is 0. The highest BCUT2D eigenvalue weighted by atomic mass is 31.1. The average Bonchev–Trinajstić information content (AvgIpc) is 2.57. The van der Waals surface area contributed by atoms with E-state index in [0.717, 1.165) is 18.2 Å². The molecule has 0 spiro atoms. The molecule has 0 bridgehead atoms. The monoisotopic (exact) mass is 308 g/mol. The van der Waals surface area contributed by atoms with E-state index in [1.165, 1.54) is 10.6 Å². The van der Waals surface area contributed by atoms with Crippen molar-refractivity contribution < 1.29 is 9.90 Å². The first-order valence-corrected chi connectivity index (χ1v) is 8.65. The fraction of sp³-hybridized carbons (Fsp3) is 0.105. The zero-order chi connectivity index (χ0) is 15.4. The minimum Gasteiger partial charge on any atom is -0.478 e. The second-order valence-electron chi connectivity index (χ2n) is 5.11. The zero-order valence-corrected chi connectivity index (χ0v) is 13.0. The van der Waals surface area contributed by atoms with Crippen LogP contribution in [0.5, 0.6) is 0 Å². The van der Waals surface area contributed by atoms with Gasteiger partial charge in [0.05, 0.1) is 5.57 Å². The molecule has 0 saturated heterocycles. The van der Waals surface area contributed by atoms with E-state index in [-0.39, 0.29) is 0 Å². The van der Waals surface area contributed by atoms with Crippen molar-refractivity contribution in [3.8, 4) is 0 Å². The molecule has 0 aromatic heterocycles. The van der Waals surface area contributed by atoms with Gasteiger partial charge in [-0.05, 0) is 36.7 Å². The van der Waals surface area contributed by atoms with Crippen LogP contribution in [-0.2, 0) is 4.79 Å². The van der Waals surface area contributed by atoms with Gasteiger partial charge in [0.25, 0.3) is 0 Å². The summed E-state index contributed by atoms with van der Waals surface area (Å²) in [5.41, 5.74) is 0.463. The van der Waals surface area contributed by atoms with Crippen LogP contribution >= 0.6 is 7.92 Å². The highest BCUT2D eigenvalue weighted by Crippen LogP contribution is 2.48. The van der Waals surface area contributed by atoms with Crippen molar-refractivity contribution in [3.63, 3.8) is 0 Å². The average molecular weight is 308 g/mol. The van der Waals surface area contributed by atoms with Crippen molar-refractivity contribution in [1.82, 2.24) is 0 Å². The van der Waals surface area contributed by atoms with E-state index in [4.69, 9.17) is 0 Å². The Bertz CT molecular complexity index is 678. The Morgan fingerprint density at radius 3 is 1.95 bits per heavy atom. The van der Waals surface area contributed by atoms with Crippen LogP contribution in [0.15, 0.2) is 83.7 Å². The topological polar surface area (TPSA) is 37.3 Å². The molecule has 3 heteroatoms. The van der Waals surface area contributed by atoms with Crippen LogP contribution in [-0.4, -0.2) is 11.1 Å². The number of hydrogen-bond donors (Lipinski definition) is 1. The van der Waals surface area contributed by atoms with Gasteiger partial charge >= 0.3 is 5.97 Å². The summed E-state index contributed by atoms with van der Waals surface area (Å²) in [6.07, 6.45) is 5.44. The van der Waals surface area contributed by atoms with E-state index in [9.17, 15) is 9.90 Å². The van der Waals surface area contributed by atoms with Gasteiger partial charge in [0, 0.05) is 0 Å². The molecule has 0 unspecified atom stereocenters. The molecule has 0 amide bonds. The molecule has 2 nitrogen and oxygen atoms in total. The molecule has 0 atom stereocenters. The molecule has 0 saturated carbocycles. The lowest BCUT2D eigenvalue weighted by Crippen LogP contribution is -2.16. The van der Waals surface area contributed by atoms with Crippen LogP contribution in [0, 0.1) is 0 Å². The smallest absolute Gasteiger partial charge is 0.336 e. The molecule has 1 aliphatic rings. The third-order valence-corrected chi connectivity index (χ3v) is 6.31. The summed E-state index contributed by atoms with van der Waals surface area (Å²) < 4.78 is 0. The van der Waals surface area contributed by atoms with Crippen molar-refractivity contribution in [2.45, 2.75) is 12.8 Å². The van der Waals surface area contributed by atoms with Crippen LogP contribution in [0.4, 0.5) is 0 Å². The largest absolute Gasteiger partial charge is 0.478 e. The van der Waals surface area contributed by atoms with Crippen LogP contribution in [0.3, 0.4) is 0 Å². The number of benzene rings is 2.